The summed E-state index contributed by atoms with van der Waals surface area (Å²) in [6.07, 6.45) is 1.14. The van der Waals surface area contributed by atoms with E-state index in [4.69, 9.17) is 16.3 Å². The summed E-state index contributed by atoms with van der Waals surface area (Å²) in [5.74, 6) is 0.810. The average molecular weight is 310 g/mol. The number of halogens is 1. The lowest BCUT2D eigenvalue weighted by molar-refractivity contribution is 0.172. The second-order valence-electron chi connectivity index (χ2n) is 4.73. The van der Waals surface area contributed by atoms with Crippen molar-refractivity contribution in [2.45, 2.75) is 32.4 Å². The van der Waals surface area contributed by atoms with Gasteiger partial charge in [-0.05, 0) is 49.5 Å². The number of hydrogen-bond acceptors (Lipinski definition) is 3. The molecule has 0 saturated heterocycles. The molecule has 2 unspecified atom stereocenters. The lowest BCUT2D eigenvalue weighted by atomic mass is 10.1. The molecule has 0 fully saturated rings. The molecule has 0 amide bonds. The topological polar surface area (TPSA) is 21.3 Å². The second kappa shape index (κ2) is 7.67. The van der Waals surface area contributed by atoms with E-state index < -0.39 is 0 Å². The molecule has 2 aromatic rings. The van der Waals surface area contributed by atoms with Crippen molar-refractivity contribution in [1.29, 1.82) is 0 Å². The number of benzene rings is 1. The number of rotatable bonds is 7. The van der Waals surface area contributed by atoms with Crippen LogP contribution in [-0.4, -0.2) is 12.6 Å². The smallest absolute Gasteiger partial charge is 0.121 e. The van der Waals surface area contributed by atoms with Gasteiger partial charge in [0.1, 0.15) is 11.9 Å². The van der Waals surface area contributed by atoms with Crippen LogP contribution in [0.5, 0.6) is 5.75 Å². The highest BCUT2D eigenvalue weighted by Gasteiger charge is 2.21. The molecule has 0 saturated carbocycles. The quantitative estimate of drug-likeness (QED) is 0.784. The Hall–Kier alpha value is -1.03. The first-order valence-corrected chi connectivity index (χ1v) is 8.15. The van der Waals surface area contributed by atoms with E-state index in [1.807, 2.05) is 24.3 Å². The molecule has 0 spiro atoms. The zero-order valence-corrected chi connectivity index (χ0v) is 13.4. The molecule has 2 rings (SSSR count). The summed E-state index contributed by atoms with van der Waals surface area (Å²) < 4.78 is 6.04. The fraction of sp³-hybridized carbons (Fsp3) is 0.375. The van der Waals surface area contributed by atoms with Crippen molar-refractivity contribution in [3.05, 3.63) is 51.7 Å². The minimum Gasteiger partial charge on any atom is -0.489 e. The van der Waals surface area contributed by atoms with Crippen LogP contribution in [0.15, 0.2) is 41.8 Å². The maximum atomic E-state index is 6.04. The Kier molecular flexibility index (Phi) is 5.89. The van der Waals surface area contributed by atoms with Gasteiger partial charge in [-0.25, -0.2) is 0 Å². The first-order valence-electron chi connectivity index (χ1n) is 6.89. The summed E-state index contributed by atoms with van der Waals surface area (Å²) in [5.41, 5.74) is 0. The molecule has 1 N–H and O–H groups in total. The zero-order valence-electron chi connectivity index (χ0n) is 11.8. The minimum absolute atomic E-state index is 0.0404. The normalized spacial score (nSPS) is 13.9. The van der Waals surface area contributed by atoms with Gasteiger partial charge in [-0.15, -0.1) is 11.3 Å². The predicted octanol–water partition coefficient (Wildman–Crippen LogP) is 4.91. The Morgan fingerprint density at radius 2 is 2.15 bits per heavy atom. The van der Waals surface area contributed by atoms with Crippen molar-refractivity contribution in [3.63, 3.8) is 0 Å². The van der Waals surface area contributed by atoms with Gasteiger partial charge in [0.2, 0.25) is 0 Å². The van der Waals surface area contributed by atoms with Crippen LogP contribution in [0.4, 0.5) is 0 Å². The summed E-state index contributed by atoms with van der Waals surface area (Å²) in [4.78, 5) is 1.30. The number of thiophene rings is 1. The molecule has 1 aromatic heterocycles. The average Bonchev–Trinajstić information content (AvgIpc) is 2.93. The van der Waals surface area contributed by atoms with Crippen LogP contribution >= 0.6 is 22.9 Å². The third kappa shape index (κ3) is 4.23. The molecule has 0 aliphatic carbocycles. The standard InChI is InChI=1S/C16H20ClNOS/c1-3-9-18-16(15-8-5-10-20-15)12(2)19-14-7-4-6-13(17)11-14/h4-8,10-12,16,18H,3,9H2,1-2H3. The highest BCUT2D eigenvalue weighted by molar-refractivity contribution is 7.10. The van der Waals surface area contributed by atoms with Crippen LogP contribution < -0.4 is 10.1 Å². The largest absolute Gasteiger partial charge is 0.489 e. The Morgan fingerprint density at radius 1 is 1.30 bits per heavy atom. The van der Waals surface area contributed by atoms with Gasteiger partial charge in [-0.2, -0.15) is 0 Å². The first-order chi connectivity index (χ1) is 9.70. The van der Waals surface area contributed by atoms with E-state index in [0.29, 0.717) is 5.02 Å². The maximum absolute atomic E-state index is 6.04. The zero-order chi connectivity index (χ0) is 14.4. The lowest BCUT2D eigenvalue weighted by Crippen LogP contribution is -2.33. The minimum atomic E-state index is 0.0404. The van der Waals surface area contributed by atoms with Crippen LogP contribution in [0, 0.1) is 0 Å². The third-order valence-electron chi connectivity index (χ3n) is 3.05. The van der Waals surface area contributed by atoms with Gasteiger partial charge in [-0.3, -0.25) is 0 Å². The van der Waals surface area contributed by atoms with E-state index in [-0.39, 0.29) is 12.1 Å². The van der Waals surface area contributed by atoms with E-state index in [0.717, 1.165) is 18.7 Å². The Labute approximate surface area is 129 Å². The second-order valence-corrected chi connectivity index (χ2v) is 6.14. The van der Waals surface area contributed by atoms with Gasteiger partial charge in [0.15, 0.2) is 0 Å². The number of nitrogens with one attached hydrogen (secondary N) is 1. The molecule has 0 aliphatic rings. The molecule has 0 bridgehead atoms. The third-order valence-corrected chi connectivity index (χ3v) is 4.24. The first kappa shape index (κ1) is 15.4. The Balaban J connectivity index is 2.08. The van der Waals surface area contributed by atoms with Crippen molar-refractivity contribution < 1.29 is 4.74 Å². The van der Waals surface area contributed by atoms with Gasteiger partial charge >= 0.3 is 0 Å². The van der Waals surface area contributed by atoms with Crippen molar-refractivity contribution in [3.8, 4) is 5.75 Å². The van der Waals surface area contributed by atoms with Gasteiger partial charge in [0, 0.05) is 9.90 Å². The van der Waals surface area contributed by atoms with Crippen molar-refractivity contribution in [2.75, 3.05) is 6.54 Å². The molecular formula is C16H20ClNOS. The fourth-order valence-corrected chi connectivity index (χ4v) is 3.16. The monoisotopic (exact) mass is 309 g/mol. The van der Waals surface area contributed by atoms with Crippen molar-refractivity contribution >= 4 is 22.9 Å². The highest BCUT2D eigenvalue weighted by atomic mass is 35.5. The molecule has 2 nitrogen and oxygen atoms in total. The van der Waals surface area contributed by atoms with E-state index in [1.165, 1.54) is 4.88 Å². The molecule has 1 aromatic carbocycles. The van der Waals surface area contributed by atoms with Crippen LogP contribution in [0.1, 0.15) is 31.2 Å². The molecule has 1 heterocycles. The summed E-state index contributed by atoms with van der Waals surface area (Å²) in [5, 5.41) is 6.36. The summed E-state index contributed by atoms with van der Waals surface area (Å²) in [7, 11) is 0. The molecule has 4 heteroatoms. The van der Waals surface area contributed by atoms with Gasteiger partial charge in [-0.1, -0.05) is 30.7 Å². The summed E-state index contributed by atoms with van der Waals surface area (Å²) in [6, 6.07) is 12.0. The lowest BCUT2D eigenvalue weighted by Gasteiger charge is -2.25. The maximum Gasteiger partial charge on any atom is 0.121 e. The van der Waals surface area contributed by atoms with E-state index in [1.54, 1.807) is 11.3 Å². The highest BCUT2D eigenvalue weighted by Crippen LogP contribution is 2.26. The van der Waals surface area contributed by atoms with E-state index in [9.17, 15) is 0 Å². The van der Waals surface area contributed by atoms with Crippen LogP contribution in [0.2, 0.25) is 5.02 Å². The van der Waals surface area contributed by atoms with Gasteiger partial charge < -0.3 is 10.1 Å². The number of ether oxygens (including phenoxy) is 1. The Bertz CT molecular complexity index is 515. The van der Waals surface area contributed by atoms with Gasteiger partial charge in [0.05, 0.1) is 6.04 Å². The van der Waals surface area contributed by atoms with Crippen molar-refractivity contribution in [2.24, 2.45) is 0 Å². The summed E-state index contributed by atoms with van der Waals surface area (Å²) >= 11 is 7.75. The van der Waals surface area contributed by atoms with Crippen LogP contribution in [0.3, 0.4) is 0 Å². The van der Waals surface area contributed by atoms with Crippen molar-refractivity contribution in [1.82, 2.24) is 5.32 Å². The van der Waals surface area contributed by atoms with Crippen LogP contribution in [-0.2, 0) is 0 Å². The Morgan fingerprint density at radius 3 is 2.80 bits per heavy atom. The summed E-state index contributed by atoms with van der Waals surface area (Å²) in [6.45, 7) is 5.24. The number of hydrogen-bond donors (Lipinski definition) is 1. The molecule has 108 valence electrons. The fourth-order valence-electron chi connectivity index (χ4n) is 2.09. The predicted molar refractivity (Wildman–Crippen MR) is 86.9 cm³/mol. The molecule has 20 heavy (non-hydrogen) atoms. The van der Waals surface area contributed by atoms with E-state index >= 15 is 0 Å². The van der Waals surface area contributed by atoms with E-state index in [2.05, 4.69) is 36.7 Å². The van der Waals surface area contributed by atoms with Gasteiger partial charge in [0.25, 0.3) is 0 Å². The SMILES string of the molecule is CCCNC(c1cccs1)C(C)Oc1cccc(Cl)c1. The molecule has 0 radical (unpaired) electrons. The van der Waals surface area contributed by atoms with Crippen LogP contribution in [0.25, 0.3) is 0 Å². The molecular weight excluding hydrogens is 290 g/mol. The molecule has 2 atom stereocenters. The molecule has 0 aliphatic heterocycles.